The van der Waals surface area contributed by atoms with E-state index >= 15 is 0 Å². The second kappa shape index (κ2) is 12.9. The van der Waals surface area contributed by atoms with Gasteiger partial charge in [-0.15, -0.1) is 12.6 Å². The highest BCUT2D eigenvalue weighted by molar-refractivity contribution is 7.92. The molecule has 3 heterocycles. The first-order chi connectivity index (χ1) is 19.3. The first-order valence-electron chi connectivity index (χ1n) is 13.3. The van der Waals surface area contributed by atoms with Crippen LogP contribution in [0.2, 0.25) is 5.02 Å². The van der Waals surface area contributed by atoms with Gasteiger partial charge in [0.2, 0.25) is 5.95 Å². The van der Waals surface area contributed by atoms with Crippen molar-refractivity contribution in [1.82, 2.24) is 19.9 Å². The summed E-state index contributed by atoms with van der Waals surface area (Å²) in [5, 5.41) is 3.68. The zero-order valence-corrected chi connectivity index (χ0v) is 24.7. The summed E-state index contributed by atoms with van der Waals surface area (Å²) in [6.07, 6.45) is 11.7. The summed E-state index contributed by atoms with van der Waals surface area (Å²) in [5.41, 5.74) is 2.23. The molecule has 0 radical (unpaired) electrons. The summed E-state index contributed by atoms with van der Waals surface area (Å²) in [7, 11) is -3.79. The SMILES string of the molecule is Cc1nc(NS(=O)(=O)c2ccccc2)c(Cl)cc1/C=C/c1cnc(NC2CCC(N3CCOC(S)C3)CC2)nc1. The quantitative estimate of drug-likeness (QED) is 0.306. The van der Waals surface area contributed by atoms with Crippen LogP contribution in [0.25, 0.3) is 12.2 Å². The number of halogens is 1. The fraction of sp³-hybridized carbons (Fsp3) is 0.393. The number of pyridine rings is 1. The van der Waals surface area contributed by atoms with E-state index < -0.39 is 10.0 Å². The van der Waals surface area contributed by atoms with E-state index in [1.54, 1.807) is 43.6 Å². The van der Waals surface area contributed by atoms with Gasteiger partial charge in [-0.2, -0.15) is 0 Å². The Labute approximate surface area is 245 Å². The number of aromatic nitrogens is 3. The summed E-state index contributed by atoms with van der Waals surface area (Å²) in [4.78, 5) is 16.0. The van der Waals surface area contributed by atoms with Crippen molar-refractivity contribution in [3.63, 3.8) is 0 Å². The predicted octanol–water partition coefficient (Wildman–Crippen LogP) is 5.12. The van der Waals surface area contributed by atoms with Gasteiger partial charge in [-0.05, 0) is 56.4 Å². The molecule has 0 amide bonds. The lowest BCUT2D eigenvalue weighted by atomic mass is 9.90. The Morgan fingerprint density at radius 2 is 1.82 bits per heavy atom. The Morgan fingerprint density at radius 3 is 2.52 bits per heavy atom. The van der Waals surface area contributed by atoms with Crippen molar-refractivity contribution in [2.24, 2.45) is 0 Å². The first kappa shape index (κ1) is 28.8. The highest BCUT2D eigenvalue weighted by atomic mass is 35.5. The van der Waals surface area contributed by atoms with Gasteiger partial charge in [0.05, 0.1) is 16.5 Å². The van der Waals surface area contributed by atoms with Gasteiger partial charge < -0.3 is 10.1 Å². The lowest BCUT2D eigenvalue weighted by molar-refractivity contribution is -0.00769. The van der Waals surface area contributed by atoms with Crippen LogP contribution < -0.4 is 10.0 Å². The summed E-state index contributed by atoms with van der Waals surface area (Å²) in [6.45, 7) is 4.43. The molecule has 3 aromatic rings. The highest BCUT2D eigenvalue weighted by Crippen LogP contribution is 2.28. The zero-order valence-electron chi connectivity index (χ0n) is 22.2. The molecule has 1 saturated carbocycles. The topological polar surface area (TPSA) is 109 Å². The van der Waals surface area contributed by atoms with Crippen molar-refractivity contribution < 1.29 is 13.2 Å². The average molecular weight is 601 g/mol. The Hall–Kier alpha value is -2.70. The minimum absolute atomic E-state index is 0.0165. The Bertz CT molecular complexity index is 1430. The van der Waals surface area contributed by atoms with E-state index in [2.05, 4.69) is 42.5 Å². The molecule has 40 heavy (non-hydrogen) atoms. The van der Waals surface area contributed by atoms with Gasteiger partial charge >= 0.3 is 0 Å². The van der Waals surface area contributed by atoms with Crippen LogP contribution in [-0.4, -0.2) is 65.5 Å². The van der Waals surface area contributed by atoms with E-state index in [-0.39, 0.29) is 21.2 Å². The van der Waals surface area contributed by atoms with E-state index in [4.69, 9.17) is 16.3 Å². The first-order valence-corrected chi connectivity index (χ1v) is 15.7. The van der Waals surface area contributed by atoms with Crippen LogP contribution in [0.4, 0.5) is 11.8 Å². The van der Waals surface area contributed by atoms with Gasteiger partial charge in [0.1, 0.15) is 5.44 Å². The molecule has 2 aromatic heterocycles. The fourth-order valence-corrected chi connectivity index (χ4v) is 6.68. The van der Waals surface area contributed by atoms with Crippen molar-refractivity contribution in [3.05, 3.63) is 70.6 Å². The van der Waals surface area contributed by atoms with Crippen molar-refractivity contribution >= 4 is 58.2 Å². The lowest BCUT2D eigenvalue weighted by Crippen LogP contribution is -2.48. The number of nitrogens with zero attached hydrogens (tertiary/aromatic N) is 4. The smallest absolute Gasteiger partial charge is 0.263 e. The number of benzene rings is 1. The summed E-state index contributed by atoms with van der Waals surface area (Å²) in [5.74, 6) is 0.710. The predicted molar refractivity (Wildman–Crippen MR) is 162 cm³/mol. The van der Waals surface area contributed by atoms with Gasteiger partial charge in [0.15, 0.2) is 5.82 Å². The molecular formula is C28H33ClN6O3S2. The molecule has 2 aliphatic rings. The van der Waals surface area contributed by atoms with E-state index in [0.29, 0.717) is 23.7 Å². The minimum atomic E-state index is -3.79. The van der Waals surface area contributed by atoms with E-state index in [9.17, 15) is 8.42 Å². The number of thiol groups is 1. The zero-order chi connectivity index (χ0) is 28.1. The maximum Gasteiger partial charge on any atom is 0.263 e. The molecule has 2 fully saturated rings. The number of ether oxygens (including phenoxy) is 1. The van der Waals surface area contributed by atoms with Crippen LogP contribution in [0.1, 0.15) is 42.5 Å². The maximum absolute atomic E-state index is 12.7. The number of aryl methyl sites for hydroxylation is 1. The van der Waals surface area contributed by atoms with Crippen molar-refractivity contribution in [2.75, 3.05) is 29.7 Å². The molecule has 9 nitrogen and oxygen atoms in total. The van der Waals surface area contributed by atoms with Crippen LogP contribution in [0.15, 0.2) is 53.7 Å². The summed E-state index contributed by atoms with van der Waals surface area (Å²) < 4.78 is 33.3. The average Bonchev–Trinajstić information content (AvgIpc) is 2.96. The van der Waals surface area contributed by atoms with Crippen LogP contribution >= 0.6 is 24.2 Å². The third-order valence-corrected chi connectivity index (χ3v) is 9.20. The molecule has 2 N–H and O–H groups in total. The Kier molecular flexibility index (Phi) is 9.27. The van der Waals surface area contributed by atoms with E-state index in [1.165, 1.54) is 12.1 Å². The molecule has 1 saturated heterocycles. The largest absolute Gasteiger partial charge is 0.365 e. The number of hydrogen-bond donors (Lipinski definition) is 3. The molecule has 1 aromatic carbocycles. The third kappa shape index (κ3) is 7.32. The molecule has 212 valence electrons. The van der Waals surface area contributed by atoms with Crippen molar-refractivity contribution in [2.45, 2.75) is 55.0 Å². The van der Waals surface area contributed by atoms with Crippen LogP contribution in [-0.2, 0) is 14.8 Å². The van der Waals surface area contributed by atoms with Crippen molar-refractivity contribution in [1.29, 1.82) is 0 Å². The number of sulfonamides is 1. The molecule has 1 atom stereocenters. The van der Waals surface area contributed by atoms with Crippen LogP contribution in [0.5, 0.6) is 0 Å². The minimum Gasteiger partial charge on any atom is -0.365 e. The van der Waals surface area contributed by atoms with Gasteiger partial charge in [-0.1, -0.05) is 42.0 Å². The summed E-state index contributed by atoms with van der Waals surface area (Å²) in [6, 6.07) is 10.7. The Morgan fingerprint density at radius 1 is 1.10 bits per heavy atom. The Balaban J connectivity index is 1.16. The molecular weight excluding hydrogens is 568 g/mol. The van der Waals surface area contributed by atoms with Gasteiger partial charge in [0, 0.05) is 48.8 Å². The third-order valence-electron chi connectivity index (χ3n) is 7.24. The normalized spacial score (nSPS) is 22.3. The molecule has 5 rings (SSSR count). The highest BCUT2D eigenvalue weighted by Gasteiger charge is 2.29. The lowest BCUT2D eigenvalue weighted by Gasteiger charge is -2.40. The molecule has 0 bridgehead atoms. The number of morpholine rings is 1. The van der Waals surface area contributed by atoms with E-state index in [0.717, 1.165) is 56.5 Å². The second-order valence-corrected chi connectivity index (χ2v) is 12.7. The number of nitrogens with one attached hydrogen (secondary N) is 2. The van der Waals surface area contributed by atoms with E-state index in [1.807, 2.05) is 12.2 Å². The van der Waals surface area contributed by atoms with Gasteiger partial charge in [-0.3, -0.25) is 9.62 Å². The molecule has 1 aliphatic carbocycles. The van der Waals surface area contributed by atoms with Gasteiger partial charge in [-0.25, -0.2) is 23.4 Å². The monoisotopic (exact) mass is 600 g/mol. The number of hydrogen-bond acceptors (Lipinski definition) is 9. The molecule has 12 heteroatoms. The maximum atomic E-state index is 12.7. The number of rotatable bonds is 8. The fourth-order valence-electron chi connectivity index (χ4n) is 5.06. The standard InChI is InChI=1S/C28H33ClN6O3S2/c1-19-21(15-25(29)27(32-19)34-40(36,37)24-5-3-2-4-6-24)8-7-20-16-30-28(31-17-20)33-22-9-11-23(12-10-22)35-13-14-38-26(39)18-35/h2-8,15-17,22-23,26,39H,9-14,18H2,1H3,(H,32,34)(H,30,31,33)/b8-7+. The second-order valence-electron chi connectivity index (χ2n) is 10.1. The van der Waals surface area contributed by atoms with Crippen molar-refractivity contribution in [3.8, 4) is 0 Å². The van der Waals surface area contributed by atoms with Crippen LogP contribution in [0.3, 0.4) is 0 Å². The van der Waals surface area contributed by atoms with Gasteiger partial charge in [0.25, 0.3) is 10.0 Å². The number of anilines is 2. The molecule has 0 spiro atoms. The van der Waals surface area contributed by atoms with Crippen LogP contribution in [0, 0.1) is 6.92 Å². The summed E-state index contributed by atoms with van der Waals surface area (Å²) >= 11 is 10.9. The molecule has 1 unspecified atom stereocenters. The molecule has 1 aliphatic heterocycles.